The van der Waals surface area contributed by atoms with Gasteiger partial charge in [-0.1, -0.05) is 11.6 Å². The van der Waals surface area contributed by atoms with Crippen LogP contribution in [0, 0.1) is 5.92 Å². The van der Waals surface area contributed by atoms with Gasteiger partial charge in [0.05, 0.1) is 37.4 Å². The Morgan fingerprint density at radius 2 is 2.06 bits per heavy atom. The van der Waals surface area contributed by atoms with Crippen molar-refractivity contribution in [1.29, 1.82) is 0 Å². The van der Waals surface area contributed by atoms with Gasteiger partial charge in [0.25, 0.3) is 0 Å². The maximum absolute atomic E-state index is 12.2. The summed E-state index contributed by atoms with van der Waals surface area (Å²) in [5.74, 6) is 2.08. The van der Waals surface area contributed by atoms with Gasteiger partial charge in [-0.3, -0.25) is 0 Å². The van der Waals surface area contributed by atoms with Crippen molar-refractivity contribution < 1.29 is 23.5 Å². The van der Waals surface area contributed by atoms with Crippen LogP contribution < -0.4 is 9.64 Å². The summed E-state index contributed by atoms with van der Waals surface area (Å²) in [6, 6.07) is 0. The molecule has 1 aromatic rings. The Morgan fingerprint density at radius 3 is 2.75 bits per heavy atom. The summed E-state index contributed by atoms with van der Waals surface area (Å²) in [4.78, 5) is 29.7. The quantitative estimate of drug-likeness (QED) is 0.427. The van der Waals surface area contributed by atoms with Gasteiger partial charge in [-0.25, -0.2) is 19.0 Å². The van der Waals surface area contributed by atoms with Crippen molar-refractivity contribution in [2.45, 2.75) is 38.2 Å². The van der Waals surface area contributed by atoms with Gasteiger partial charge in [-0.2, -0.15) is 9.32 Å². The van der Waals surface area contributed by atoms with E-state index in [4.69, 9.17) is 30.3 Å². The molecule has 1 aliphatic carbocycles. The number of amides is 1. The zero-order chi connectivity index (χ0) is 22.6. The first-order chi connectivity index (χ1) is 15.5. The molecule has 4 rings (SSSR count). The minimum absolute atomic E-state index is 0.195. The maximum atomic E-state index is 12.2. The largest absolute Gasteiger partial charge is 0.476 e. The van der Waals surface area contributed by atoms with Crippen LogP contribution in [0.25, 0.3) is 0 Å². The minimum Gasteiger partial charge on any atom is -0.476 e. The molecule has 32 heavy (non-hydrogen) atoms. The van der Waals surface area contributed by atoms with Crippen LogP contribution in [-0.4, -0.2) is 78.8 Å². The van der Waals surface area contributed by atoms with Crippen LogP contribution in [-0.2, 0) is 24.9 Å². The van der Waals surface area contributed by atoms with Crippen LogP contribution >= 0.6 is 11.6 Å². The molecule has 2 fully saturated rings. The Kier molecular flexibility index (Phi) is 7.70. The summed E-state index contributed by atoms with van der Waals surface area (Å²) in [7, 11) is 0.916. The molecular formula is C20H30ClN5O5S. The van der Waals surface area contributed by atoms with E-state index in [0.717, 1.165) is 25.7 Å². The predicted molar refractivity (Wildman–Crippen MR) is 121 cm³/mol. The first-order valence-electron chi connectivity index (χ1n) is 10.9. The molecule has 0 N–H and O–H groups in total. The summed E-state index contributed by atoms with van der Waals surface area (Å²) in [5, 5.41) is 0.308. The van der Waals surface area contributed by atoms with E-state index in [1.54, 1.807) is 11.1 Å². The Morgan fingerprint density at radius 1 is 1.28 bits per heavy atom. The molecular weight excluding hydrogens is 458 g/mol. The third kappa shape index (κ3) is 6.21. The third-order valence-electron chi connectivity index (χ3n) is 5.90. The van der Waals surface area contributed by atoms with Crippen LogP contribution in [0.5, 0.6) is 5.88 Å². The highest BCUT2D eigenvalue weighted by atomic mass is 35.5. The van der Waals surface area contributed by atoms with E-state index < -0.39 is 11.0 Å². The molecule has 0 bridgehead atoms. The molecule has 1 saturated heterocycles. The SMILES string of the molecule is COOS1=NCCN(c2ncc(OCC3CCN(C(=O)OC4(C)CC4)CC3)nc2Cl)CC1. The number of carbonyl (C=O) groups excluding carboxylic acids is 1. The molecule has 3 aliphatic rings. The number of halogens is 1. The van der Waals surface area contributed by atoms with Crippen LogP contribution in [0.2, 0.25) is 5.15 Å². The average Bonchev–Trinajstić information content (AvgIpc) is 3.55. The van der Waals surface area contributed by atoms with Gasteiger partial charge in [0, 0.05) is 31.9 Å². The Labute approximate surface area is 195 Å². The number of nitrogens with zero attached hydrogens (tertiary/aromatic N) is 5. The fraction of sp³-hybridized carbons (Fsp3) is 0.750. The van der Waals surface area contributed by atoms with Gasteiger partial charge in [0.2, 0.25) is 5.88 Å². The molecule has 1 aromatic heterocycles. The zero-order valence-electron chi connectivity index (χ0n) is 18.5. The predicted octanol–water partition coefficient (Wildman–Crippen LogP) is 3.02. The van der Waals surface area contributed by atoms with Crippen molar-refractivity contribution in [3.05, 3.63) is 11.3 Å². The van der Waals surface area contributed by atoms with E-state index in [0.29, 0.717) is 67.9 Å². The Bertz CT molecular complexity index is 848. The first-order valence-corrected chi connectivity index (χ1v) is 12.6. The van der Waals surface area contributed by atoms with E-state index in [9.17, 15) is 4.79 Å². The van der Waals surface area contributed by atoms with Crippen molar-refractivity contribution in [3.8, 4) is 5.88 Å². The topological polar surface area (TPSA) is 98.6 Å². The lowest BCUT2D eigenvalue weighted by molar-refractivity contribution is -0.163. The van der Waals surface area contributed by atoms with Crippen molar-refractivity contribution in [3.63, 3.8) is 0 Å². The highest BCUT2D eigenvalue weighted by molar-refractivity contribution is 7.82. The fourth-order valence-electron chi connectivity index (χ4n) is 3.64. The fourth-order valence-corrected chi connectivity index (χ4v) is 4.95. The van der Waals surface area contributed by atoms with Crippen LogP contribution in [0.4, 0.5) is 10.6 Å². The summed E-state index contributed by atoms with van der Waals surface area (Å²) in [5.41, 5.74) is -0.233. The second-order valence-corrected chi connectivity index (χ2v) is 10.3. The highest BCUT2D eigenvalue weighted by Gasteiger charge is 2.43. The van der Waals surface area contributed by atoms with Gasteiger partial charge < -0.3 is 19.3 Å². The number of ether oxygens (including phenoxy) is 2. The average molecular weight is 488 g/mol. The number of hydrogen-bond donors (Lipinski definition) is 0. The standard InChI is InChI=1S/C20H30ClN5O5S/c1-20(5-6-20)30-19(27)26-8-3-15(4-9-26)14-29-16-13-22-18(17(21)24-16)25-10-7-23-32(12-11-25)31-28-2/h13,15H,3-12,14H2,1-2H3. The van der Waals surface area contributed by atoms with Crippen molar-refractivity contribution in [2.75, 3.05) is 57.1 Å². The van der Waals surface area contributed by atoms with Gasteiger partial charge in [-0.05, 0) is 38.5 Å². The van der Waals surface area contributed by atoms with Gasteiger partial charge in [-0.15, -0.1) is 0 Å². The summed E-state index contributed by atoms with van der Waals surface area (Å²) < 4.78 is 21.0. The number of piperidine rings is 1. The zero-order valence-corrected chi connectivity index (χ0v) is 20.1. The maximum Gasteiger partial charge on any atom is 0.410 e. The lowest BCUT2D eigenvalue weighted by atomic mass is 9.98. The number of carbonyl (C=O) groups is 1. The van der Waals surface area contributed by atoms with Gasteiger partial charge in [0.1, 0.15) is 5.60 Å². The van der Waals surface area contributed by atoms with Crippen molar-refractivity contribution in [1.82, 2.24) is 14.9 Å². The van der Waals surface area contributed by atoms with E-state index in [-0.39, 0.29) is 11.7 Å². The molecule has 0 spiro atoms. The number of hydrogen-bond acceptors (Lipinski definition) is 9. The van der Waals surface area contributed by atoms with Crippen molar-refractivity contribution in [2.24, 2.45) is 10.3 Å². The van der Waals surface area contributed by atoms with Crippen LogP contribution in [0.1, 0.15) is 32.6 Å². The Balaban J connectivity index is 1.23. The van der Waals surface area contributed by atoms with Gasteiger partial charge in [0.15, 0.2) is 11.0 Å². The number of rotatable bonds is 7. The molecule has 1 unspecified atom stereocenters. The smallest absolute Gasteiger partial charge is 0.410 e. The molecule has 178 valence electrons. The van der Waals surface area contributed by atoms with Crippen molar-refractivity contribution >= 4 is 34.5 Å². The molecule has 1 saturated carbocycles. The summed E-state index contributed by atoms with van der Waals surface area (Å²) >= 11 is 6.41. The lowest BCUT2D eigenvalue weighted by Gasteiger charge is -2.32. The molecule has 1 amide bonds. The minimum atomic E-state index is -0.569. The first kappa shape index (κ1) is 23.5. The summed E-state index contributed by atoms with van der Waals surface area (Å²) in [6.07, 6.45) is 5.07. The van der Waals surface area contributed by atoms with Crippen LogP contribution in [0.3, 0.4) is 0 Å². The van der Waals surface area contributed by atoms with E-state index in [1.165, 1.54) is 7.11 Å². The second kappa shape index (κ2) is 10.5. The molecule has 0 radical (unpaired) electrons. The van der Waals surface area contributed by atoms with Gasteiger partial charge >= 0.3 is 6.09 Å². The van der Waals surface area contributed by atoms with E-state index >= 15 is 0 Å². The third-order valence-corrected chi connectivity index (χ3v) is 7.45. The molecule has 2 aliphatic heterocycles. The normalized spacial score (nSPS) is 23.3. The van der Waals surface area contributed by atoms with E-state index in [1.807, 2.05) is 11.8 Å². The Hall–Kier alpha value is -1.69. The number of aromatic nitrogens is 2. The van der Waals surface area contributed by atoms with E-state index in [2.05, 4.69) is 14.3 Å². The van der Waals surface area contributed by atoms with Crippen LogP contribution in [0.15, 0.2) is 10.6 Å². The number of likely N-dealkylation sites (tertiary alicyclic amines) is 1. The molecule has 3 heterocycles. The second-order valence-electron chi connectivity index (χ2n) is 8.48. The summed E-state index contributed by atoms with van der Waals surface area (Å²) in [6.45, 7) is 5.86. The lowest BCUT2D eigenvalue weighted by Crippen LogP contribution is -2.41. The molecule has 10 nitrogen and oxygen atoms in total. The molecule has 1 atom stereocenters. The molecule has 12 heteroatoms. The molecule has 0 aromatic carbocycles. The highest BCUT2D eigenvalue weighted by Crippen LogP contribution is 2.39. The number of anilines is 1. The monoisotopic (exact) mass is 487 g/mol.